The lowest BCUT2D eigenvalue weighted by Gasteiger charge is -2.20. The molecular weight excluding hydrogens is 709 g/mol. The number of carboxylic acid groups (broad SMARTS) is 1. The van der Waals surface area contributed by atoms with Gasteiger partial charge in [0.05, 0.1) is 6.61 Å². The van der Waals surface area contributed by atoms with Gasteiger partial charge < -0.3 is 20.1 Å². The highest BCUT2D eigenvalue weighted by Crippen LogP contribution is 2.25. The van der Waals surface area contributed by atoms with E-state index >= 15 is 0 Å². The second kappa shape index (κ2) is 47.1. The lowest BCUT2D eigenvalue weighted by Crippen LogP contribution is -2.36. The number of unbranched alkanes of at least 4 members (excludes halogenated alkanes) is 20. The molecule has 0 aliphatic heterocycles. The summed E-state index contributed by atoms with van der Waals surface area (Å²) in [6.45, 7) is 10.3. The Bertz CT molecular complexity index is 818. The molecule has 0 fully saturated rings. The number of carbonyl (C=O) groups excluding carboxylic acids is 2. The van der Waals surface area contributed by atoms with Crippen molar-refractivity contribution in [2.24, 2.45) is 11.8 Å². The second-order valence-electron chi connectivity index (χ2n) is 17.7. The predicted octanol–water partition coefficient (Wildman–Crippen LogP) is 14.6. The van der Waals surface area contributed by atoms with E-state index in [-0.39, 0.29) is 18.3 Å². The zero-order valence-electron chi connectivity index (χ0n) is 39.2. The van der Waals surface area contributed by atoms with Crippen LogP contribution in [-0.4, -0.2) is 61.6 Å². The molecular formula is C50H100N2O5. The van der Waals surface area contributed by atoms with Gasteiger partial charge in [0, 0.05) is 25.4 Å². The van der Waals surface area contributed by atoms with E-state index < -0.39 is 0 Å². The summed E-state index contributed by atoms with van der Waals surface area (Å²) in [5.41, 5.74) is 0. The lowest BCUT2D eigenvalue weighted by atomic mass is 9.90. The first-order valence-corrected chi connectivity index (χ1v) is 24.9. The zero-order chi connectivity index (χ0) is 42.5. The molecule has 0 saturated carbocycles. The van der Waals surface area contributed by atoms with Gasteiger partial charge in [0.15, 0.2) is 0 Å². The molecule has 1 amide bonds. The summed E-state index contributed by atoms with van der Waals surface area (Å²) in [4.78, 5) is 35.5. The minimum atomic E-state index is -0.250. The van der Waals surface area contributed by atoms with Crippen LogP contribution in [0.15, 0.2) is 0 Å². The summed E-state index contributed by atoms with van der Waals surface area (Å²) < 4.78 is 5.65. The van der Waals surface area contributed by atoms with Crippen molar-refractivity contribution in [2.45, 2.75) is 265 Å². The number of rotatable bonds is 43. The van der Waals surface area contributed by atoms with Crippen molar-refractivity contribution in [1.29, 1.82) is 0 Å². The van der Waals surface area contributed by atoms with Crippen molar-refractivity contribution < 1.29 is 24.2 Å². The maximum atomic E-state index is 12.7. The number of carbonyl (C=O) groups is 3. The van der Waals surface area contributed by atoms with Crippen molar-refractivity contribution >= 4 is 18.3 Å². The summed E-state index contributed by atoms with van der Waals surface area (Å²) >= 11 is 0. The Morgan fingerprint density at radius 3 is 1.23 bits per heavy atom. The first-order valence-electron chi connectivity index (χ1n) is 24.9. The highest BCUT2D eigenvalue weighted by Gasteiger charge is 2.14. The Hall–Kier alpha value is -1.63. The van der Waals surface area contributed by atoms with E-state index in [4.69, 9.17) is 14.6 Å². The largest absolute Gasteiger partial charge is 0.483 e. The van der Waals surface area contributed by atoms with Crippen LogP contribution in [0.1, 0.15) is 259 Å². The molecule has 1 unspecified atom stereocenters. The maximum absolute atomic E-state index is 12.7. The van der Waals surface area contributed by atoms with Crippen LogP contribution >= 0.6 is 0 Å². The first-order chi connectivity index (χ1) is 27.8. The number of nitrogens with one attached hydrogen (secondary N) is 1. The minimum Gasteiger partial charge on any atom is -0.483 e. The Kier molecular flexibility index (Phi) is 47.4. The van der Waals surface area contributed by atoms with Crippen molar-refractivity contribution in [2.75, 3.05) is 27.2 Å². The SMILES string of the molecule is CCCCCC(CCCCC)CCCCCCCCCCC(CCCCCCCCC(=O)OCCC(CCCCC)CCCCC)NC(=O)CCN(C)C.O=CO. The molecule has 1 atom stereocenters. The van der Waals surface area contributed by atoms with Crippen LogP contribution in [0.5, 0.6) is 0 Å². The minimum absolute atomic E-state index is 0.00148. The van der Waals surface area contributed by atoms with Gasteiger partial charge in [-0.2, -0.15) is 0 Å². The number of amides is 1. The molecule has 0 aromatic rings. The molecule has 0 aromatic heterocycles. The summed E-state index contributed by atoms with van der Waals surface area (Å²) in [5.74, 6) is 1.91. The third-order valence-electron chi connectivity index (χ3n) is 11.9. The maximum Gasteiger partial charge on any atom is 0.305 e. The van der Waals surface area contributed by atoms with Crippen LogP contribution in [-0.2, 0) is 19.1 Å². The summed E-state index contributed by atoms with van der Waals surface area (Å²) in [6.07, 6.45) is 45.3. The van der Waals surface area contributed by atoms with Crippen LogP contribution < -0.4 is 5.32 Å². The monoisotopic (exact) mass is 809 g/mol. The van der Waals surface area contributed by atoms with E-state index in [1.165, 1.54) is 186 Å². The quantitative estimate of drug-likeness (QED) is 0.0362. The number of esters is 1. The van der Waals surface area contributed by atoms with Crippen molar-refractivity contribution in [1.82, 2.24) is 10.2 Å². The summed E-state index contributed by atoms with van der Waals surface area (Å²) in [5, 5.41) is 10.3. The Labute approximate surface area is 355 Å². The lowest BCUT2D eigenvalue weighted by molar-refractivity contribution is -0.144. The van der Waals surface area contributed by atoms with Gasteiger partial charge in [0.1, 0.15) is 0 Å². The Balaban J connectivity index is 0. The standard InChI is InChI=1S/C49H98N2O3.CH2O2/c1-7-11-25-33-45(34-26-12-8-2)37-29-21-17-15-16-18-22-30-38-47(50-48(52)41-43-51(5)6)39-31-23-19-20-24-32-40-49(53)54-44-42-46(35-27-13-9-3)36-28-14-10-4;2-1-3/h45-47H,7-44H2,1-6H3,(H,50,52);1H,(H,2,3). The Morgan fingerprint density at radius 1 is 0.509 bits per heavy atom. The number of ether oxygens (including phenoxy) is 1. The normalized spacial score (nSPS) is 11.9. The van der Waals surface area contributed by atoms with Crippen molar-refractivity contribution in [3.05, 3.63) is 0 Å². The zero-order valence-corrected chi connectivity index (χ0v) is 39.2. The third kappa shape index (κ3) is 45.3. The van der Waals surface area contributed by atoms with Crippen LogP contribution in [0.3, 0.4) is 0 Å². The number of nitrogens with zero attached hydrogens (tertiary/aromatic N) is 1. The molecule has 7 nitrogen and oxygen atoms in total. The number of hydrogen-bond donors (Lipinski definition) is 2. The van der Waals surface area contributed by atoms with Gasteiger partial charge >= 0.3 is 5.97 Å². The van der Waals surface area contributed by atoms with Gasteiger partial charge in [-0.15, -0.1) is 0 Å². The van der Waals surface area contributed by atoms with Crippen LogP contribution in [0.25, 0.3) is 0 Å². The van der Waals surface area contributed by atoms with E-state index in [0.717, 1.165) is 50.5 Å². The molecule has 0 spiro atoms. The molecule has 0 aromatic carbocycles. The van der Waals surface area contributed by atoms with E-state index in [2.05, 4.69) is 37.9 Å². The van der Waals surface area contributed by atoms with Crippen molar-refractivity contribution in [3.63, 3.8) is 0 Å². The molecule has 2 N–H and O–H groups in total. The summed E-state index contributed by atoms with van der Waals surface area (Å²) in [7, 11) is 4.07. The van der Waals surface area contributed by atoms with Gasteiger partial charge in [0.2, 0.25) is 5.91 Å². The molecule has 0 heterocycles. The Morgan fingerprint density at radius 2 is 0.842 bits per heavy atom. The molecule has 0 saturated heterocycles. The topological polar surface area (TPSA) is 95.9 Å². The third-order valence-corrected chi connectivity index (χ3v) is 11.9. The van der Waals surface area contributed by atoms with Gasteiger partial charge in [-0.1, -0.05) is 220 Å². The average Bonchev–Trinajstić information content (AvgIpc) is 3.18. The fraction of sp³-hybridized carbons (Fsp3) is 0.940. The molecule has 0 aliphatic rings. The molecule has 57 heavy (non-hydrogen) atoms. The molecule has 0 aliphatic carbocycles. The molecule has 0 radical (unpaired) electrons. The van der Waals surface area contributed by atoms with Gasteiger partial charge in [-0.25, -0.2) is 0 Å². The molecule has 0 rings (SSSR count). The van der Waals surface area contributed by atoms with Crippen LogP contribution in [0.2, 0.25) is 0 Å². The van der Waals surface area contributed by atoms with Crippen LogP contribution in [0.4, 0.5) is 0 Å². The highest BCUT2D eigenvalue weighted by atomic mass is 16.5. The first kappa shape index (κ1) is 57.5. The highest BCUT2D eigenvalue weighted by molar-refractivity contribution is 5.76. The van der Waals surface area contributed by atoms with Gasteiger partial charge in [-0.05, 0) is 51.6 Å². The average molecular weight is 809 g/mol. The molecule has 7 heteroatoms. The second-order valence-corrected chi connectivity index (χ2v) is 17.7. The predicted molar refractivity (Wildman–Crippen MR) is 246 cm³/mol. The van der Waals surface area contributed by atoms with Gasteiger partial charge in [0.25, 0.3) is 6.47 Å². The number of hydrogen-bond acceptors (Lipinski definition) is 5. The van der Waals surface area contributed by atoms with E-state index in [1.807, 2.05) is 14.1 Å². The van der Waals surface area contributed by atoms with Crippen molar-refractivity contribution in [3.8, 4) is 0 Å². The summed E-state index contributed by atoms with van der Waals surface area (Å²) in [6, 6.07) is 0.315. The van der Waals surface area contributed by atoms with E-state index in [1.54, 1.807) is 0 Å². The smallest absolute Gasteiger partial charge is 0.305 e. The fourth-order valence-electron chi connectivity index (χ4n) is 8.17. The van der Waals surface area contributed by atoms with E-state index in [9.17, 15) is 9.59 Å². The van der Waals surface area contributed by atoms with Gasteiger partial charge in [-0.3, -0.25) is 14.4 Å². The molecule has 340 valence electrons. The molecule has 0 bridgehead atoms. The van der Waals surface area contributed by atoms with E-state index in [0.29, 0.717) is 25.5 Å². The van der Waals surface area contributed by atoms with Crippen LogP contribution in [0, 0.1) is 11.8 Å². The fourth-order valence-corrected chi connectivity index (χ4v) is 8.17.